The van der Waals surface area contributed by atoms with Crippen molar-refractivity contribution in [3.05, 3.63) is 46.5 Å². The highest BCUT2D eigenvalue weighted by molar-refractivity contribution is 9.10. The van der Waals surface area contributed by atoms with E-state index in [1.165, 1.54) is 0 Å². The minimum atomic E-state index is -1.23. The minimum Gasteiger partial charge on any atom is -0.369 e. The van der Waals surface area contributed by atoms with Crippen LogP contribution < -0.4 is 16.8 Å². The summed E-state index contributed by atoms with van der Waals surface area (Å²) >= 11 is 3.45. The molecule has 3 fully saturated rings. The van der Waals surface area contributed by atoms with Gasteiger partial charge < -0.3 is 21.7 Å². The van der Waals surface area contributed by atoms with E-state index in [2.05, 4.69) is 33.4 Å². The number of hydrogen-bond acceptors (Lipinski definition) is 3. The maximum absolute atomic E-state index is 13.4. The second-order valence-corrected chi connectivity index (χ2v) is 9.97. The number of rotatable bonds is 6. The van der Waals surface area contributed by atoms with Crippen LogP contribution in [0.2, 0.25) is 0 Å². The molecule has 0 unspecified atom stereocenters. The number of carbonyl (C=O) groups is 3. The van der Waals surface area contributed by atoms with Crippen molar-refractivity contribution in [3.63, 3.8) is 0 Å². The minimum absolute atomic E-state index is 0.148. The fourth-order valence-corrected chi connectivity index (χ4v) is 7.11. The lowest BCUT2D eigenvalue weighted by molar-refractivity contribution is -0.144. The summed E-state index contributed by atoms with van der Waals surface area (Å²) in [5.74, 6) is -1.35. The van der Waals surface area contributed by atoms with Gasteiger partial charge in [-0.1, -0.05) is 40.2 Å². The van der Waals surface area contributed by atoms with Gasteiger partial charge in [0.05, 0.1) is 10.8 Å². The molecule has 2 saturated carbocycles. The van der Waals surface area contributed by atoms with E-state index in [1.807, 2.05) is 24.3 Å². The quantitative estimate of drug-likeness (QED) is 0.546. The van der Waals surface area contributed by atoms with Crippen LogP contribution in [0.3, 0.4) is 0 Å². The molecule has 158 valence electrons. The molecule has 1 aromatic rings. The zero-order chi connectivity index (χ0) is 21.3. The number of nitrogens with one attached hydrogen (secondary N) is 1. The van der Waals surface area contributed by atoms with Gasteiger partial charge in [0, 0.05) is 30.0 Å². The van der Waals surface area contributed by atoms with E-state index in [9.17, 15) is 14.4 Å². The molecule has 4 amide bonds. The number of amides is 4. The van der Waals surface area contributed by atoms with Crippen molar-refractivity contribution in [2.24, 2.45) is 34.1 Å². The topological polar surface area (TPSA) is 119 Å². The molecule has 3 aliphatic carbocycles. The number of benzene rings is 1. The van der Waals surface area contributed by atoms with Gasteiger partial charge in [-0.2, -0.15) is 0 Å². The first-order valence-corrected chi connectivity index (χ1v) is 11.2. The Morgan fingerprint density at radius 1 is 1.10 bits per heavy atom. The van der Waals surface area contributed by atoms with Gasteiger partial charge in [-0.25, -0.2) is 4.79 Å². The van der Waals surface area contributed by atoms with Crippen molar-refractivity contribution >= 4 is 33.8 Å². The third kappa shape index (κ3) is 2.18. The van der Waals surface area contributed by atoms with Gasteiger partial charge in [0.25, 0.3) is 0 Å². The highest BCUT2D eigenvalue weighted by Crippen LogP contribution is 2.80. The van der Waals surface area contributed by atoms with Crippen LogP contribution in [0.1, 0.15) is 24.8 Å². The van der Waals surface area contributed by atoms with Crippen molar-refractivity contribution < 1.29 is 14.4 Å². The monoisotopic (exact) mass is 472 g/mol. The smallest absolute Gasteiger partial charge is 0.317 e. The first-order valence-electron chi connectivity index (χ1n) is 10.4. The van der Waals surface area contributed by atoms with Crippen molar-refractivity contribution in [1.82, 2.24) is 10.2 Å². The van der Waals surface area contributed by atoms with E-state index < -0.39 is 22.6 Å². The predicted octanol–water partition coefficient (Wildman–Crippen LogP) is 1.66. The predicted molar refractivity (Wildman–Crippen MR) is 114 cm³/mol. The van der Waals surface area contributed by atoms with Crippen LogP contribution >= 0.6 is 15.9 Å². The second kappa shape index (κ2) is 6.33. The van der Waals surface area contributed by atoms with E-state index in [0.29, 0.717) is 26.1 Å². The second-order valence-electron chi connectivity index (χ2n) is 9.06. The third-order valence-corrected chi connectivity index (χ3v) is 8.64. The lowest BCUT2D eigenvalue weighted by Gasteiger charge is -2.48. The number of urea groups is 1. The molecule has 0 radical (unpaired) electrons. The number of nitrogens with two attached hydrogens (primary N) is 2. The van der Waals surface area contributed by atoms with Gasteiger partial charge in [0.2, 0.25) is 11.8 Å². The van der Waals surface area contributed by atoms with Gasteiger partial charge in [-0.05, 0) is 48.3 Å². The summed E-state index contributed by atoms with van der Waals surface area (Å²) < 4.78 is 0.879. The Labute approximate surface area is 183 Å². The zero-order valence-electron chi connectivity index (χ0n) is 16.6. The molecule has 1 saturated heterocycles. The normalized spacial score (nSPS) is 35.1. The molecule has 7 nitrogen and oxygen atoms in total. The fraction of sp³-hybridized carbons (Fsp3) is 0.500. The Bertz CT molecular complexity index is 973. The summed E-state index contributed by atoms with van der Waals surface area (Å²) in [5.41, 5.74) is 10.5. The molecule has 2 bridgehead atoms. The SMILES string of the molecule is NC(=O)[C@]1(CCN2CCNC2=O)[C@@H]2C=C[C@@H](C23CC3)[C@@]1(C(N)=O)c1ccc(Br)cc1. The Kier molecular flexibility index (Phi) is 4.13. The van der Waals surface area contributed by atoms with Gasteiger partial charge >= 0.3 is 6.03 Å². The van der Waals surface area contributed by atoms with Gasteiger partial charge in [-0.15, -0.1) is 0 Å². The molecule has 5 rings (SSSR count). The number of hydrogen-bond donors (Lipinski definition) is 3. The van der Waals surface area contributed by atoms with E-state index >= 15 is 0 Å². The molecule has 8 heteroatoms. The van der Waals surface area contributed by atoms with Crippen LogP contribution in [0.25, 0.3) is 0 Å². The van der Waals surface area contributed by atoms with Crippen LogP contribution in [0, 0.1) is 22.7 Å². The third-order valence-electron chi connectivity index (χ3n) is 8.11. The summed E-state index contributed by atoms with van der Waals surface area (Å²) in [6, 6.07) is 7.34. The van der Waals surface area contributed by atoms with Crippen molar-refractivity contribution in [1.29, 1.82) is 0 Å². The molecule has 5 N–H and O–H groups in total. The zero-order valence-corrected chi connectivity index (χ0v) is 18.2. The summed E-state index contributed by atoms with van der Waals surface area (Å²) in [4.78, 5) is 40.5. The summed E-state index contributed by atoms with van der Waals surface area (Å²) in [5, 5.41) is 2.79. The lowest BCUT2D eigenvalue weighted by atomic mass is 9.52. The van der Waals surface area contributed by atoms with Gasteiger partial charge in [0.15, 0.2) is 0 Å². The highest BCUT2D eigenvalue weighted by atomic mass is 79.9. The van der Waals surface area contributed by atoms with Crippen molar-refractivity contribution in [3.8, 4) is 0 Å². The Hall–Kier alpha value is -2.35. The maximum atomic E-state index is 13.4. The molecule has 1 spiro atoms. The van der Waals surface area contributed by atoms with Crippen LogP contribution in [-0.4, -0.2) is 42.4 Å². The van der Waals surface area contributed by atoms with Crippen molar-refractivity contribution in [2.75, 3.05) is 19.6 Å². The van der Waals surface area contributed by atoms with E-state index in [1.54, 1.807) is 4.90 Å². The van der Waals surface area contributed by atoms with E-state index in [-0.39, 0.29) is 23.3 Å². The Morgan fingerprint density at radius 2 is 1.77 bits per heavy atom. The summed E-state index contributed by atoms with van der Waals surface area (Å²) in [6.07, 6.45) is 6.35. The average Bonchev–Trinajstić information content (AvgIpc) is 3.20. The molecule has 4 aliphatic rings. The number of primary amides is 2. The Balaban J connectivity index is 1.70. The van der Waals surface area contributed by atoms with Gasteiger partial charge in [0.1, 0.15) is 0 Å². The number of carbonyl (C=O) groups excluding carboxylic acids is 3. The summed E-state index contributed by atoms with van der Waals surface area (Å²) in [6.45, 7) is 1.50. The number of halogens is 1. The largest absolute Gasteiger partial charge is 0.369 e. The van der Waals surface area contributed by atoms with E-state index in [0.717, 1.165) is 22.9 Å². The molecule has 30 heavy (non-hydrogen) atoms. The Morgan fingerprint density at radius 3 is 2.30 bits per heavy atom. The molecule has 1 heterocycles. The molecule has 1 aromatic carbocycles. The van der Waals surface area contributed by atoms with Crippen LogP contribution in [0.5, 0.6) is 0 Å². The fourth-order valence-electron chi connectivity index (χ4n) is 6.84. The first-order chi connectivity index (χ1) is 14.3. The maximum Gasteiger partial charge on any atom is 0.317 e. The van der Waals surface area contributed by atoms with Crippen molar-refractivity contribution in [2.45, 2.75) is 24.7 Å². The molecule has 0 aromatic heterocycles. The number of nitrogens with zero attached hydrogens (tertiary/aromatic N) is 1. The van der Waals surface area contributed by atoms with Crippen LogP contribution in [-0.2, 0) is 15.0 Å². The highest BCUT2D eigenvalue weighted by Gasteiger charge is 2.82. The van der Waals surface area contributed by atoms with Crippen LogP contribution in [0.15, 0.2) is 40.9 Å². The lowest BCUT2D eigenvalue weighted by Crippen LogP contribution is -2.63. The molecular formula is C22H25BrN4O3. The average molecular weight is 473 g/mol. The van der Waals surface area contributed by atoms with E-state index in [4.69, 9.17) is 11.5 Å². The standard InChI is InChI=1S/C22H25BrN4O3/c23-14-3-1-13(2-4-14)22(18(25)29)16-6-5-15(20(16)7-8-20)21(22,17(24)28)9-11-27-12-10-26-19(27)30/h1-6,15-16H,7-12H2,(H2,24,28)(H2,25,29)(H,26,30)/t15-,16+,21+,22-/m1/s1. The van der Waals surface area contributed by atoms with Gasteiger partial charge in [-0.3, -0.25) is 9.59 Å². The first kappa shape index (κ1) is 19.6. The molecular weight excluding hydrogens is 448 g/mol. The molecule has 4 atom stereocenters. The molecule has 1 aliphatic heterocycles. The van der Waals surface area contributed by atoms with Crippen LogP contribution in [0.4, 0.5) is 4.79 Å². The summed E-state index contributed by atoms with van der Waals surface area (Å²) in [7, 11) is 0. The number of allylic oxidation sites excluding steroid dienone is 2.